The molecule has 0 aliphatic heterocycles. The Kier molecular flexibility index (Phi) is 3.15. The number of hydrogen-bond donors (Lipinski definition) is 0. The maximum atomic E-state index is 6.00. The molecule has 0 unspecified atom stereocenters. The summed E-state index contributed by atoms with van der Waals surface area (Å²) in [5.41, 5.74) is 1.04. The monoisotopic (exact) mass is 260 g/mol. The molecule has 1 aliphatic rings. The molecule has 4 heteroatoms. The molecule has 1 aliphatic carbocycles. The van der Waals surface area contributed by atoms with E-state index < -0.39 is 0 Å². The highest BCUT2D eigenvalue weighted by Crippen LogP contribution is 2.39. The summed E-state index contributed by atoms with van der Waals surface area (Å²) >= 11 is 6.00. The average molecular weight is 261 g/mol. The Balaban J connectivity index is 1.72. The van der Waals surface area contributed by atoms with Gasteiger partial charge in [-0.15, -0.1) is 0 Å². The summed E-state index contributed by atoms with van der Waals surface area (Å²) in [5.74, 6) is 2.03. The van der Waals surface area contributed by atoms with E-state index in [4.69, 9.17) is 16.3 Å². The molecule has 0 amide bonds. The van der Waals surface area contributed by atoms with Crippen molar-refractivity contribution in [3.63, 3.8) is 0 Å². The predicted molar refractivity (Wildman–Crippen MR) is 69.8 cm³/mol. The molecule has 1 aromatic heterocycles. The van der Waals surface area contributed by atoms with Crippen molar-refractivity contribution < 1.29 is 4.74 Å². The van der Waals surface area contributed by atoms with Gasteiger partial charge in [0.1, 0.15) is 17.5 Å². The maximum Gasteiger partial charge on any atom is 0.167 e. The van der Waals surface area contributed by atoms with E-state index in [0.29, 0.717) is 23.5 Å². The molecule has 3 nitrogen and oxygen atoms in total. The van der Waals surface area contributed by atoms with Crippen LogP contribution in [0.1, 0.15) is 30.3 Å². The van der Waals surface area contributed by atoms with Gasteiger partial charge in [-0.2, -0.15) is 0 Å². The van der Waals surface area contributed by atoms with Crippen molar-refractivity contribution in [2.45, 2.75) is 25.4 Å². The van der Waals surface area contributed by atoms with Crippen molar-refractivity contribution >= 4 is 11.6 Å². The zero-order valence-corrected chi connectivity index (χ0v) is 10.6. The number of benzene rings is 1. The molecule has 92 valence electrons. The number of ether oxygens (including phenoxy) is 1. The lowest BCUT2D eigenvalue weighted by molar-refractivity contribution is 0.295. The van der Waals surface area contributed by atoms with Gasteiger partial charge >= 0.3 is 0 Å². The van der Waals surface area contributed by atoms with Crippen molar-refractivity contribution in [3.05, 3.63) is 53.1 Å². The van der Waals surface area contributed by atoms with Gasteiger partial charge in [-0.25, -0.2) is 9.97 Å². The van der Waals surface area contributed by atoms with Crippen LogP contribution < -0.4 is 4.74 Å². The summed E-state index contributed by atoms with van der Waals surface area (Å²) in [4.78, 5) is 8.68. The van der Waals surface area contributed by atoms with Gasteiger partial charge in [0.15, 0.2) is 5.82 Å². The zero-order valence-electron chi connectivity index (χ0n) is 9.84. The van der Waals surface area contributed by atoms with Gasteiger partial charge in [0, 0.05) is 11.6 Å². The van der Waals surface area contributed by atoms with Gasteiger partial charge in [-0.1, -0.05) is 29.8 Å². The van der Waals surface area contributed by atoms with Crippen molar-refractivity contribution in [3.8, 4) is 5.75 Å². The van der Waals surface area contributed by atoms with E-state index in [2.05, 4.69) is 9.97 Å². The van der Waals surface area contributed by atoms with Gasteiger partial charge in [0.25, 0.3) is 0 Å². The fourth-order valence-corrected chi connectivity index (χ4v) is 2.01. The summed E-state index contributed by atoms with van der Waals surface area (Å²) in [5, 5.41) is 0.499. The van der Waals surface area contributed by atoms with Crippen molar-refractivity contribution in [1.82, 2.24) is 9.97 Å². The Morgan fingerprint density at radius 1 is 1.17 bits per heavy atom. The summed E-state index contributed by atoms with van der Waals surface area (Å²) in [6, 6.07) is 11.5. The Hall–Kier alpha value is -1.61. The number of nitrogens with zero attached hydrogens (tertiary/aromatic N) is 2. The van der Waals surface area contributed by atoms with E-state index in [-0.39, 0.29) is 0 Å². The smallest absolute Gasteiger partial charge is 0.167 e. The van der Waals surface area contributed by atoms with Gasteiger partial charge in [-0.3, -0.25) is 0 Å². The highest BCUT2D eigenvalue weighted by atomic mass is 35.5. The third-order valence-electron chi connectivity index (χ3n) is 2.87. The Morgan fingerprint density at radius 2 is 1.94 bits per heavy atom. The van der Waals surface area contributed by atoms with Gasteiger partial charge in [0.05, 0.1) is 0 Å². The molecule has 1 saturated carbocycles. The second kappa shape index (κ2) is 4.94. The lowest BCUT2D eigenvalue weighted by atomic mass is 10.3. The normalized spacial score (nSPS) is 14.5. The van der Waals surface area contributed by atoms with Crippen LogP contribution in [0.3, 0.4) is 0 Å². The maximum absolute atomic E-state index is 6.00. The molecule has 2 aromatic rings. The van der Waals surface area contributed by atoms with Crippen LogP contribution in [-0.4, -0.2) is 9.97 Å². The van der Waals surface area contributed by atoms with Crippen LogP contribution in [0.25, 0.3) is 0 Å². The first-order chi connectivity index (χ1) is 8.81. The Morgan fingerprint density at radius 3 is 2.67 bits per heavy atom. The van der Waals surface area contributed by atoms with E-state index in [1.807, 2.05) is 36.4 Å². The van der Waals surface area contributed by atoms with E-state index in [1.165, 1.54) is 12.8 Å². The van der Waals surface area contributed by atoms with Crippen LogP contribution in [0.5, 0.6) is 5.75 Å². The van der Waals surface area contributed by atoms with Crippen molar-refractivity contribution in [2.24, 2.45) is 0 Å². The molecule has 0 spiro atoms. The zero-order chi connectivity index (χ0) is 12.4. The van der Waals surface area contributed by atoms with Crippen LogP contribution in [0.2, 0.25) is 5.15 Å². The quantitative estimate of drug-likeness (QED) is 0.788. The number of rotatable bonds is 4. The third kappa shape index (κ3) is 2.79. The van der Waals surface area contributed by atoms with E-state index >= 15 is 0 Å². The van der Waals surface area contributed by atoms with Crippen LogP contribution in [0.4, 0.5) is 0 Å². The SMILES string of the molecule is Clc1cc(C2CC2)nc(COc2ccccc2)n1. The first-order valence-electron chi connectivity index (χ1n) is 6.02. The third-order valence-corrected chi connectivity index (χ3v) is 3.06. The van der Waals surface area contributed by atoms with Crippen LogP contribution in [0, 0.1) is 0 Å². The lowest BCUT2D eigenvalue weighted by Crippen LogP contribution is -2.03. The summed E-state index contributed by atoms with van der Waals surface area (Å²) in [6.07, 6.45) is 2.40. The van der Waals surface area contributed by atoms with E-state index in [0.717, 1.165) is 11.4 Å². The molecular formula is C14H13ClN2O. The molecule has 0 bridgehead atoms. The van der Waals surface area contributed by atoms with Crippen LogP contribution in [0.15, 0.2) is 36.4 Å². The van der Waals surface area contributed by atoms with Gasteiger partial charge < -0.3 is 4.74 Å². The van der Waals surface area contributed by atoms with Crippen LogP contribution >= 0.6 is 11.6 Å². The first kappa shape index (κ1) is 11.5. The molecule has 1 fully saturated rings. The van der Waals surface area contributed by atoms with Crippen LogP contribution in [-0.2, 0) is 6.61 Å². The number of para-hydroxylation sites is 1. The minimum atomic E-state index is 0.351. The Labute approximate surface area is 111 Å². The lowest BCUT2D eigenvalue weighted by Gasteiger charge is -2.06. The molecule has 0 N–H and O–H groups in total. The highest BCUT2D eigenvalue weighted by molar-refractivity contribution is 6.29. The number of halogens is 1. The average Bonchev–Trinajstić information content (AvgIpc) is 3.21. The topological polar surface area (TPSA) is 35.0 Å². The molecule has 0 atom stereocenters. The fraction of sp³-hybridized carbons (Fsp3) is 0.286. The summed E-state index contributed by atoms with van der Waals surface area (Å²) in [7, 11) is 0. The second-order valence-electron chi connectivity index (χ2n) is 4.41. The number of aromatic nitrogens is 2. The molecule has 3 rings (SSSR count). The van der Waals surface area contributed by atoms with Crippen molar-refractivity contribution in [1.29, 1.82) is 0 Å². The highest BCUT2D eigenvalue weighted by Gasteiger charge is 2.25. The van der Waals surface area contributed by atoms with E-state index in [1.54, 1.807) is 0 Å². The summed E-state index contributed by atoms with van der Waals surface area (Å²) in [6.45, 7) is 0.351. The molecule has 18 heavy (non-hydrogen) atoms. The second-order valence-corrected chi connectivity index (χ2v) is 4.80. The summed E-state index contributed by atoms with van der Waals surface area (Å²) < 4.78 is 5.62. The molecule has 0 saturated heterocycles. The molecule has 1 aromatic carbocycles. The Bertz CT molecular complexity index is 541. The fourth-order valence-electron chi connectivity index (χ4n) is 1.80. The first-order valence-corrected chi connectivity index (χ1v) is 6.40. The standard InChI is InChI=1S/C14H13ClN2O/c15-13-8-12(10-6-7-10)16-14(17-13)9-18-11-4-2-1-3-5-11/h1-5,8,10H,6-7,9H2. The van der Waals surface area contributed by atoms with Crippen molar-refractivity contribution in [2.75, 3.05) is 0 Å². The predicted octanol–water partition coefficient (Wildman–Crippen LogP) is 3.59. The van der Waals surface area contributed by atoms with Gasteiger partial charge in [0.2, 0.25) is 0 Å². The minimum absolute atomic E-state index is 0.351. The largest absolute Gasteiger partial charge is 0.486 e. The minimum Gasteiger partial charge on any atom is -0.486 e. The molecular weight excluding hydrogens is 248 g/mol. The molecule has 0 radical (unpaired) electrons. The van der Waals surface area contributed by atoms with E-state index in [9.17, 15) is 0 Å². The van der Waals surface area contributed by atoms with Gasteiger partial charge in [-0.05, 0) is 31.0 Å². The molecule has 1 heterocycles. The number of hydrogen-bond acceptors (Lipinski definition) is 3.